The first-order valence-electron chi connectivity index (χ1n) is 9.01. The first kappa shape index (κ1) is 19.7. The fourth-order valence-corrected chi connectivity index (χ4v) is 4.10. The monoisotopic (exact) mass is 475 g/mol. The maximum absolute atomic E-state index is 12.5. The van der Waals surface area contributed by atoms with Crippen molar-refractivity contribution in [2.24, 2.45) is 0 Å². The van der Waals surface area contributed by atoms with Crippen LogP contribution in [-0.2, 0) is 11.3 Å². The van der Waals surface area contributed by atoms with Gasteiger partial charge >= 0.3 is 0 Å². The van der Waals surface area contributed by atoms with Crippen LogP contribution in [0, 0.1) is 0 Å². The summed E-state index contributed by atoms with van der Waals surface area (Å²) in [7, 11) is 0. The lowest BCUT2D eigenvalue weighted by Gasteiger charge is -2.20. The van der Waals surface area contributed by atoms with E-state index in [9.17, 15) is 4.79 Å². The molecular weight excluding hydrogens is 458 g/mol. The molecule has 1 aromatic carbocycles. The molecule has 0 fully saturated rings. The number of thioether (sulfide) groups is 1. The number of hydrogen-bond donors (Lipinski definition) is 1. The highest BCUT2D eigenvalue weighted by atomic mass is 79.9. The van der Waals surface area contributed by atoms with Crippen LogP contribution in [0.1, 0.15) is 6.92 Å². The Labute approximate surface area is 180 Å². The van der Waals surface area contributed by atoms with Crippen LogP contribution in [-0.4, -0.2) is 44.6 Å². The van der Waals surface area contributed by atoms with Gasteiger partial charge in [-0.05, 0) is 35.0 Å². The predicted octanol–water partition coefficient (Wildman–Crippen LogP) is 3.62. The molecule has 3 aromatic rings. The molecule has 0 unspecified atom stereocenters. The van der Waals surface area contributed by atoms with Gasteiger partial charge in [0.25, 0.3) is 0 Å². The van der Waals surface area contributed by atoms with Crippen LogP contribution in [0.15, 0.2) is 46.3 Å². The van der Waals surface area contributed by atoms with E-state index >= 15 is 0 Å². The minimum absolute atomic E-state index is 0.150. The van der Waals surface area contributed by atoms with Crippen LogP contribution in [0.4, 0.5) is 5.69 Å². The van der Waals surface area contributed by atoms with Gasteiger partial charge < -0.3 is 19.4 Å². The maximum Gasteiger partial charge on any atom is 0.234 e. The van der Waals surface area contributed by atoms with Gasteiger partial charge in [-0.3, -0.25) is 9.78 Å². The summed E-state index contributed by atoms with van der Waals surface area (Å²) in [4.78, 5) is 16.5. The molecule has 29 heavy (non-hydrogen) atoms. The molecular formula is C19H18BrN5O3S. The molecule has 0 saturated heterocycles. The van der Waals surface area contributed by atoms with Crippen molar-refractivity contribution in [1.82, 2.24) is 19.7 Å². The van der Waals surface area contributed by atoms with Gasteiger partial charge in [-0.15, -0.1) is 10.2 Å². The molecule has 0 spiro atoms. The lowest BCUT2D eigenvalue weighted by molar-refractivity contribution is -0.113. The SMILES string of the molecule is CCn1c(SCC(=O)Nc2cc3c(cc2Br)OCCO3)nnc1-c1ccncc1. The summed E-state index contributed by atoms with van der Waals surface area (Å²) in [5, 5.41) is 12.1. The second kappa shape index (κ2) is 8.83. The largest absolute Gasteiger partial charge is 0.486 e. The molecule has 1 N–H and O–H groups in total. The topological polar surface area (TPSA) is 91.2 Å². The van der Waals surface area contributed by atoms with E-state index in [1.54, 1.807) is 24.5 Å². The maximum atomic E-state index is 12.5. The van der Waals surface area contributed by atoms with Gasteiger partial charge in [-0.1, -0.05) is 11.8 Å². The number of fused-ring (bicyclic) bond motifs is 1. The van der Waals surface area contributed by atoms with E-state index in [0.29, 0.717) is 42.1 Å². The van der Waals surface area contributed by atoms with E-state index in [1.807, 2.05) is 23.6 Å². The smallest absolute Gasteiger partial charge is 0.234 e. The Morgan fingerprint density at radius 2 is 1.93 bits per heavy atom. The highest BCUT2D eigenvalue weighted by Crippen LogP contribution is 2.38. The van der Waals surface area contributed by atoms with E-state index in [0.717, 1.165) is 15.9 Å². The van der Waals surface area contributed by atoms with E-state index in [4.69, 9.17) is 9.47 Å². The second-order valence-electron chi connectivity index (χ2n) is 6.10. The second-order valence-corrected chi connectivity index (χ2v) is 7.90. The summed E-state index contributed by atoms with van der Waals surface area (Å²) in [6.45, 7) is 3.72. The molecule has 8 nitrogen and oxygen atoms in total. The summed E-state index contributed by atoms with van der Waals surface area (Å²) in [5.74, 6) is 2.09. The Morgan fingerprint density at radius 3 is 2.66 bits per heavy atom. The van der Waals surface area contributed by atoms with Gasteiger partial charge in [0.1, 0.15) is 13.2 Å². The van der Waals surface area contributed by atoms with Gasteiger partial charge in [-0.2, -0.15) is 0 Å². The first-order chi connectivity index (χ1) is 14.2. The molecule has 4 rings (SSSR count). The third-order valence-corrected chi connectivity index (χ3v) is 5.83. The van der Waals surface area contributed by atoms with Crippen molar-refractivity contribution in [2.45, 2.75) is 18.6 Å². The zero-order chi connectivity index (χ0) is 20.2. The number of pyridine rings is 1. The number of halogens is 1. The van der Waals surface area contributed by atoms with Crippen molar-refractivity contribution in [3.8, 4) is 22.9 Å². The van der Waals surface area contributed by atoms with Crippen molar-refractivity contribution < 1.29 is 14.3 Å². The quantitative estimate of drug-likeness (QED) is 0.544. The summed E-state index contributed by atoms with van der Waals surface area (Å²) >= 11 is 4.80. The van der Waals surface area contributed by atoms with Crippen molar-refractivity contribution in [3.05, 3.63) is 41.1 Å². The number of ether oxygens (including phenoxy) is 2. The molecule has 0 saturated carbocycles. The number of carbonyl (C=O) groups is 1. The summed E-state index contributed by atoms with van der Waals surface area (Å²) in [5.41, 5.74) is 1.57. The highest BCUT2D eigenvalue weighted by Gasteiger charge is 2.18. The lowest BCUT2D eigenvalue weighted by Crippen LogP contribution is -2.18. The lowest BCUT2D eigenvalue weighted by atomic mass is 10.2. The number of aromatic nitrogens is 4. The Balaban J connectivity index is 1.43. The van der Waals surface area contributed by atoms with Gasteiger partial charge in [0.05, 0.1) is 11.4 Å². The molecule has 0 aliphatic carbocycles. The normalized spacial score (nSPS) is 12.6. The van der Waals surface area contributed by atoms with Crippen molar-refractivity contribution in [3.63, 3.8) is 0 Å². The summed E-state index contributed by atoms with van der Waals surface area (Å²) in [6, 6.07) is 7.33. The number of benzene rings is 1. The molecule has 3 heterocycles. The number of hydrogen-bond acceptors (Lipinski definition) is 7. The van der Waals surface area contributed by atoms with Gasteiger partial charge in [0.2, 0.25) is 5.91 Å². The molecule has 0 radical (unpaired) electrons. The number of anilines is 1. The molecule has 150 valence electrons. The van der Waals surface area contributed by atoms with Crippen molar-refractivity contribution in [2.75, 3.05) is 24.3 Å². The van der Waals surface area contributed by atoms with Crippen LogP contribution in [0.3, 0.4) is 0 Å². The Bertz CT molecular complexity index is 1030. The molecule has 0 atom stereocenters. The average molecular weight is 476 g/mol. The molecule has 1 aliphatic rings. The third kappa shape index (κ3) is 4.38. The summed E-state index contributed by atoms with van der Waals surface area (Å²) < 4.78 is 13.8. The number of rotatable bonds is 6. The van der Waals surface area contributed by atoms with E-state index in [2.05, 4.69) is 36.4 Å². The number of nitrogens with one attached hydrogen (secondary N) is 1. The predicted molar refractivity (Wildman–Crippen MR) is 113 cm³/mol. The fourth-order valence-electron chi connectivity index (χ4n) is 2.87. The Morgan fingerprint density at radius 1 is 1.21 bits per heavy atom. The molecule has 2 aromatic heterocycles. The molecule has 1 amide bonds. The number of carbonyl (C=O) groups excluding carboxylic acids is 1. The molecule has 0 bridgehead atoms. The van der Waals surface area contributed by atoms with Gasteiger partial charge in [0, 0.05) is 41.1 Å². The van der Waals surface area contributed by atoms with E-state index in [-0.39, 0.29) is 11.7 Å². The highest BCUT2D eigenvalue weighted by molar-refractivity contribution is 9.10. The third-order valence-electron chi connectivity index (χ3n) is 4.21. The van der Waals surface area contributed by atoms with Crippen LogP contribution in [0.5, 0.6) is 11.5 Å². The zero-order valence-electron chi connectivity index (χ0n) is 15.6. The molecule has 10 heteroatoms. The summed E-state index contributed by atoms with van der Waals surface area (Å²) in [6.07, 6.45) is 3.44. The van der Waals surface area contributed by atoms with Crippen molar-refractivity contribution in [1.29, 1.82) is 0 Å². The number of nitrogens with zero attached hydrogens (tertiary/aromatic N) is 4. The number of amides is 1. The van der Waals surface area contributed by atoms with Crippen LogP contribution < -0.4 is 14.8 Å². The zero-order valence-corrected chi connectivity index (χ0v) is 18.0. The van der Waals surface area contributed by atoms with E-state index in [1.165, 1.54) is 11.8 Å². The first-order valence-corrected chi connectivity index (χ1v) is 10.8. The standard InChI is InChI=1S/C19H18BrN5O3S/c1-2-25-18(12-3-5-21-6-4-12)23-24-19(25)29-11-17(26)22-14-10-16-15(9-13(14)20)27-7-8-28-16/h3-6,9-10H,2,7-8,11H2,1H3,(H,22,26). The Kier molecular flexibility index (Phi) is 6.00. The van der Waals surface area contributed by atoms with Gasteiger partial charge in [-0.25, -0.2) is 0 Å². The van der Waals surface area contributed by atoms with Crippen LogP contribution in [0.2, 0.25) is 0 Å². The van der Waals surface area contributed by atoms with Crippen molar-refractivity contribution >= 4 is 39.3 Å². The van der Waals surface area contributed by atoms with Gasteiger partial charge in [0.15, 0.2) is 22.5 Å². The minimum atomic E-state index is -0.150. The molecule has 1 aliphatic heterocycles. The van der Waals surface area contributed by atoms with E-state index < -0.39 is 0 Å². The average Bonchev–Trinajstić information content (AvgIpc) is 3.16. The fraction of sp³-hybridized carbons (Fsp3) is 0.263. The minimum Gasteiger partial charge on any atom is -0.486 e. The van der Waals surface area contributed by atoms with Crippen LogP contribution >= 0.6 is 27.7 Å². The van der Waals surface area contributed by atoms with Crippen LogP contribution in [0.25, 0.3) is 11.4 Å². The Hall–Kier alpha value is -2.59.